The van der Waals surface area contributed by atoms with E-state index in [1.165, 1.54) is 24.2 Å². The predicted molar refractivity (Wildman–Crippen MR) is 44.8 cm³/mol. The molecule has 0 amide bonds. The Hall–Kier alpha value is -0.720. The summed E-state index contributed by atoms with van der Waals surface area (Å²) in [6.07, 6.45) is 4.54. The first-order valence-electron chi connectivity index (χ1n) is 4.36. The lowest BCUT2D eigenvalue weighted by atomic mass is 10.0. The highest BCUT2D eigenvalue weighted by molar-refractivity contribution is 5.27. The Bertz CT molecular complexity index is 227. The summed E-state index contributed by atoms with van der Waals surface area (Å²) in [5.74, 6) is 2.57. The van der Waals surface area contributed by atoms with Crippen molar-refractivity contribution in [2.45, 2.75) is 38.5 Å². The number of furan rings is 1. The van der Waals surface area contributed by atoms with Crippen LogP contribution in [0.25, 0.3) is 0 Å². The molecule has 1 aliphatic carbocycles. The van der Waals surface area contributed by atoms with Crippen LogP contribution in [0.4, 0.5) is 0 Å². The molecule has 0 bridgehead atoms. The molecule has 1 fully saturated rings. The van der Waals surface area contributed by atoms with Crippen molar-refractivity contribution in [2.24, 2.45) is 0 Å². The Morgan fingerprint density at radius 3 is 2.73 bits per heavy atom. The molecule has 1 saturated carbocycles. The third kappa shape index (κ3) is 1.20. The van der Waals surface area contributed by atoms with Crippen LogP contribution in [-0.4, -0.2) is 0 Å². The van der Waals surface area contributed by atoms with Gasteiger partial charge in [-0.1, -0.05) is 13.8 Å². The fourth-order valence-corrected chi connectivity index (χ4v) is 1.53. The van der Waals surface area contributed by atoms with Gasteiger partial charge in [0.15, 0.2) is 0 Å². The summed E-state index contributed by atoms with van der Waals surface area (Å²) >= 11 is 0. The van der Waals surface area contributed by atoms with Crippen LogP contribution in [0.5, 0.6) is 0 Å². The van der Waals surface area contributed by atoms with E-state index in [2.05, 4.69) is 19.9 Å². The highest BCUT2D eigenvalue weighted by atomic mass is 16.3. The highest BCUT2D eigenvalue weighted by Gasteiger charge is 2.28. The first-order chi connectivity index (χ1) is 5.29. The lowest BCUT2D eigenvalue weighted by molar-refractivity contribution is 0.482. The molecule has 1 aliphatic rings. The Labute approximate surface area is 67.4 Å². The smallest absolute Gasteiger partial charge is 0.109 e. The van der Waals surface area contributed by atoms with E-state index in [9.17, 15) is 0 Å². The topological polar surface area (TPSA) is 13.1 Å². The second kappa shape index (κ2) is 2.40. The van der Waals surface area contributed by atoms with Gasteiger partial charge in [-0.05, 0) is 30.4 Å². The van der Waals surface area contributed by atoms with E-state index in [1.807, 2.05) is 6.26 Å². The summed E-state index contributed by atoms with van der Waals surface area (Å²) in [6.45, 7) is 4.37. The van der Waals surface area contributed by atoms with Crippen molar-refractivity contribution < 1.29 is 4.42 Å². The van der Waals surface area contributed by atoms with Crippen molar-refractivity contribution >= 4 is 0 Å². The van der Waals surface area contributed by atoms with Crippen molar-refractivity contribution in [1.29, 1.82) is 0 Å². The van der Waals surface area contributed by atoms with Crippen molar-refractivity contribution in [1.82, 2.24) is 0 Å². The first-order valence-corrected chi connectivity index (χ1v) is 4.36. The van der Waals surface area contributed by atoms with Crippen LogP contribution in [-0.2, 0) is 0 Å². The summed E-state index contributed by atoms with van der Waals surface area (Å²) < 4.78 is 5.43. The molecule has 1 aromatic rings. The third-order valence-corrected chi connectivity index (χ3v) is 2.27. The van der Waals surface area contributed by atoms with Crippen LogP contribution in [0.2, 0.25) is 0 Å². The molecule has 11 heavy (non-hydrogen) atoms. The molecule has 0 N–H and O–H groups in total. The molecule has 2 rings (SSSR count). The minimum absolute atomic E-state index is 0.542. The molecule has 0 unspecified atom stereocenters. The second-order valence-electron chi connectivity index (χ2n) is 3.67. The number of hydrogen-bond acceptors (Lipinski definition) is 1. The van der Waals surface area contributed by atoms with E-state index < -0.39 is 0 Å². The normalized spacial score (nSPS) is 17.7. The van der Waals surface area contributed by atoms with Gasteiger partial charge in [0.05, 0.1) is 6.26 Å². The largest absolute Gasteiger partial charge is 0.469 e. The summed E-state index contributed by atoms with van der Waals surface area (Å²) in [7, 11) is 0. The Kier molecular flexibility index (Phi) is 1.52. The predicted octanol–water partition coefficient (Wildman–Crippen LogP) is 3.28. The molecule has 60 valence electrons. The van der Waals surface area contributed by atoms with Gasteiger partial charge in [-0.2, -0.15) is 0 Å². The van der Waals surface area contributed by atoms with Gasteiger partial charge >= 0.3 is 0 Å². The van der Waals surface area contributed by atoms with Crippen LogP contribution in [0, 0.1) is 0 Å². The summed E-state index contributed by atoms with van der Waals surface area (Å²) in [4.78, 5) is 0. The first kappa shape index (κ1) is 6.96. The highest BCUT2D eigenvalue weighted by Crippen LogP contribution is 2.43. The SMILES string of the molecule is CC(C)c1occc1C1CC1. The zero-order valence-electron chi connectivity index (χ0n) is 7.13. The fraction of sp³-hybridized carbons (Fsp3) is 0.600. The van der Waals surface area contributed by atoms with Gasteiger partial charge in [0, 0.05) is 5.92 Å². The van der Waals surface area contributed by atoms with Crippen LogP contribution in [0.3, 0.4) is 0 Å². The second-order valence-corrected chi connectivity index (χ2v) is 3.67. The molecule has 1 aromatic heterocycles. The van der Waals surface area contributed by atoms with Gasteiger partial charge in [-0.25, -0.2) is 0 Å². The van der Waals surface area contributed by atoms with Gasteiger partial charge in [0.25, 0.3) is 0 Å². The molecule has 0 atom stereocenters. The van der Waals surface area contributed by atoms with Crippen molar-refractivity contribution in [2.75, 3.05) is 0 Å². The Morgan fingerprint density at radius 1 is 1.45 bits per heavy atom. The molecule has 0 saturated heterocycles. The molecular weight excluding hydrogens is 136 g/mol. The van der Waals surface area contributed by atoms with Crippen LogP contribution < -0.4 is 0 Å². The molecular formula is C10H14O. The zero-order chi connectivity index (χ0) is 7.84. The van der Waals surface area contributed by atoms with E-state index in [4.69, 9.17) is 4.42 Å². The van der Waals surface area contributed by atoms with Crippen molar-refractivity contribution in [3.05, 3.63) is 23.7 Å². The van der Waals surface area contributed by atoms with Crippen molar-refractivity contribution in [3.63, 3.8) is 0 Å². The Balaban J connectivity index is 2.30. The molecule has 1 heteroatoms. The lowest BCUT2D eigenvalue weighted by Gasteiger charge is -2.02. The summed E-state index contributed by atoms with van der Waals surface area (Å²) in [6, 6.07) is 2.13. The van der Waals surface area contributed by atoms with Crippen LogP contribution in [0.15, 0.2) is 16.7 Å². The average molecular weight is 150 g/mol. The maximum Gasteiger partial charge on any atom is 0.109 e. The molecule has 1 nitrogen and oxygen atoms in total. The molecule has 0 spiro atoms. The number of hydrogen-bond donors (Lipinski definition) is 0. The summed E-state index contributed by atoms with van der Waals surface area (Å²) in [5.41, 5.74) is 1.46. The van der Waals surface area contributed by atoms with E-state index in [1.54, 1.807) is 0 Å². The minimum Gasteiger partial charge on any atom is -0.469 e. The Morgan fingerprint density at radius 2 is 2.18 bits per heavy atom. The van der Waals surface area contributed by atoms with Crippen molar-refractivity contribution in [3.8, 4) is 0 Å². The van der Waals surface area contributed by atoms with Gasteiger partial charge in [0.1, 0.15) is 5.76 Å². The lowest BCUT2D eigenvalue weighted by Crippen LogP contribution is -1.88. The minimum atomic E-state index is 0.542. The zero-order valence-corrected chi connectivity index (χ0v) is 7.13. The van der Waals surface area contributed by atoms with E-state index in [0.717, 1.165) is 5.92 Å². The quantitative estimate of drug-likeness (QED) is 0.630. The van der Waals surface area contributed by atoms with Gasteiger partial charge in [-0.3, -0.25) is 0 Å². The maximum absolute atomic E-state index is 5.43. The molecule has 0 aliphatic heterocycles. The molecule has 0 aromatic carbocycles. The standard InChI is InChI=1S/C10H14O/c1-7(2)10-9(5-6-11-10)8-3-4-8/h5-8H,3-4H2,1-2H3. The van der Waals surface area contributed by atoms with E-state index in [-0.39, 0.29) is 0 Å². The monoisotopic (exact) mass is 150 g/mol. The summed E-state index contributed by atoms with van der Waals surface area (Å²) in [5, 5.41) is 0. The van der Waals surface area contributed by atoms with E-state index in [0.29, 0.717) is 5.92 Å². The average Bonchev–Trinajstić information content (AvgIpc) is 2.68. The molecule has 0 radical (unpaired) electrons. The van der Waals surface area contributed by atoms with Crippen LogP contribution >= 0.6 is 0 Å². The fourth-order valence-electron chi connectivity index (χ4n) is 1.53. The van der Waals surface area contributed by atoms with Crippen LogP contribution in [0.1, 0.15) is 49.8 Å². The van der Waals surface area contributed by atoms with Gasteiger partial charge in [0.2, 0.25) is 0 Å². The maximum atomic E-state index is 5.43. The van der Waals surface area contributed by atoms with Gasteiger partial charge < -0.3 is 4.42 Å². The molecule has 1 heterocycles. The third-order valence-electron chi connectivity index (χ3n) is 2.27. The van der Waals surface area contributed by atoms with Gasteiger partial charge in [-0.15, -0.1) is 0 Å². The number of rotatable bonds is 2. The van der Waals surface area contributed by atoms with E-state index >= 15 is 0 Å².